The number of rotatable bonds is 5. The highest BCUT2D eigenvalue weighted by Crippen LogP contribution is 2.31. The molecule has 1 aliphatic rings. The van der Waals surface area contributed by atoms with Crippen molar-refractivity contribution in [2.45, 2.75) is 25.9 Å². The van der Waals surface area contributed by atoms with E-state index in [2.05, 4.69) is 20.8 Å². The van der Waals surface area contributed by atoms with E-state index in [1.807, 2.05) is 37.3 Å². The van der Waals surface area contributed by atoms with Crippen LogP contribution in [0.1, 0.15) is 29.0 Å². The molecular weight excluding hydrogens is 418 g/mol. The lowest BCUT2D eigenvalue weighted by Gasteiger charge is -2.10. The van der Waals surface area contributed by atoms with E-state index in [1.54, 1.807) is 16.8 Å². The first-order valence-corrected chi connectivity index (χ1v) is 10.5. The van der Waals surface area contributed by atoms with Crippen molar-refractivity contribution < 1.29 is 14.1 Å². The van der Waals surface area contributed by atoms with E-state index in [0.717, 1.165) is 41.6 Å². The largest absolute Gasteiger partial charge is 0.376 e. The molecule has 0 saturated carbocycles. The van der Waals surface area contributed by atoms with Gasteiger partial charge >= 0.3 is 0 Å². The minimum Gasteiger partial charge on any atom is -0.376 e. The van der Waals surface area contributed by atoms with Gasteiger partial charge in [0.15, 0.2) is 11.5 Å². The zero-order valence-electron chi connectivity index (χ0n) is 16.8. The van der Waals surface area contributed by atoms with Gasteiger partial charge in [0.05, 0.1) is 22.9 Å². The van der Waals surface area contributed by atoms with E-state index in [-0.39, 0.29) is 12.0 Å². The number of hydrogen-bond donors (Lipinski definition) is 1. The van der Waals surface area contributed by atoms with E-state index >= 15 is 0 Å². The molecule has 8 nitrogen and oxygen atoms in total. The summed E-state index contributed by atoms with van der Waals surface area (Å²) < 4.78 is 12.8. The van der Waals surface area contributed by atoms with Crippen LogP contribution in [0.2, 0.25) is 5.02 Å². The summed E-state index contributed by atoms with van der Waals surface area (Å²) >= 11 is 6.00. The van der Waals surface area contributed by atoms with Gasteiger partial charge in [-0.15, -0.1) is 5.10 Å². The van der Waals surface area contributed by atoms with Gasteiger partial charge in [-0.05, 0) is 62.2 Å². The monoisotopic (exact) mass is 437 g/mol. The summed E-state index contributed by atoms with van der Waals surface area (Å²) in [5.41, 5.74) is 3.29. The first-order chi connectivity index (χ1) is 15.1. The number of benzene rings is 2. The third kappa shape index (κ3) is 3.80. The van der Waals surface area contributed by atoms with E-state index in [4.69, 9.17) is 20.9 Å². The zero-order valence-corrected chi connectivity index (χ0v) is 17.6. The summed E-state index contributed by atoms with van der Waals surface area (Å²) in [5.74, 6) is 0.382. The van der Waals surface area contributed by atoms with Crippen LogP contribution in [0, 0.1) is 6.92 Å². The van der Waals surface area contributed by atoms with Crippen LogP contribution in [0.25, 0.3) is 27.9 Å². The van der Waals surface area contributed by atoms with Crippen molar-refractivity contribution in [3.05, 3.63) is 58.9 Å². The summed E-state index contributed by atoms with van der Waals surface area (Å²) in [6.45, 7) is 3.04. The lowest BCUT2D eigenvalue weighted by atomic mass is 10.1. The van der Waals surface area contributed by atoms with E-state index in [1.165, 1.54) is 0 Å². The fourth-order valence-corrected chi connectivity index (χ4v) is 3.88. The highest BCUT2D eigenvalue weighted by molar-refractivity contribution is 6.30. The summed E-state index contributed by atoms with van der Waals surface area (Å²) in [5, 5.41) is 16.8. The van der Waals surface area contributed by atoms with Gasteiger partial charge in [0.25, 0.3) is 5.91 Å². The first kappa shape index (κ1) is 19.7. The number of amides is 1. The number of aromatic nitrogens is 4. The van der Waals surface area contributed by atoms with Crippen molar-refractivity contribution in [2.75, 3.05) is 13.2 Å². The molecule has 0 radical (unpaired) electrons. The average molecular weight is 438 g/mol. The topological polar surface area (TPSA) is 95.1 Å². The Kier molecular flexibility index (Phi) is 5.17. The summed E-state index contributed by atoms with van der Waals surface area (Å²) in [7, 11) is 0. The van der Waals surface area contributed by atoms with Gasteiger partial charge in [-0.2, -0.15) is 0 Å². The third-order valence-corrected chi connectivity index (χ3v) is 5.69. The average Bonchev–Trinajstić information content (AvgIpc) is 3.52. The molecule has 4 aromatic rings. The van der Waals surface area contributed by atoms with Gasteiger partial charge in [-0.3, -0.25) is 4.79 Å². The Labute approximate surface area is 183 Å². The Hall–Kier alpha value is -3.23. The molecule has 1 aliphatic heterocycles. The summed E-state index contributed by atoms with van der Waals surface area (Å²) in [6.07, 6.45) is 2.06. The molecule has 0 bridgehead atoms. The van der Waals surface area contributed by atoms with Crippen molar-refractivity contribution in [2.24, 2.45) is 0 Å². The molecule has 2 aromatic carbocycles. The normalized spacial score (nSPS) is 16.1. The number of ether oxygens (including phenoxy) is 1. The molecular formula is C22H20ClN5O3. The van der Waals surface area contributed by atoms with Gasteiger partial charge in [-0.1, -0.05) is 22.0 Å². The standard InChI is InChI=1S/C22H20ClN5O3/c1-13-20(22(29)24-12-17-3-2-10-30-17)25-27-28(13)16-8-9-19-18(11-16)21(31-26-19)14-4-6-15(23)7-5-14/h4-9,11,17H,2-3,10,12H2,1H3,(H,24,29). The Bertz CT molecular complexity index is 1240. The van der Waals surface area contributed by atoms with Crippen LogP contribution in [-0.2, 0) is 4.74 Å². The summed E-state index contributed by atoms with van der Waals surface area (Å²) in [4.78, 5) is 12.6. The van der Waals surface area contributed by atoms with Gasteiger partial charge in [0.2, 0.25) is 0 Å². The summed E-state index contributed by atoms with van der Waals surface area (Å²) in [6, 6.07) is 13.0. The minimum atomic E-state index is -0.257. The molecule has 1 saturated heterocycles. The highest BCUT2D eigenvalue weighted by atomic mass is 35.5. The van der Waals surface area contributed by atoms with Crippen LogP contribution in [0.5, 0.6) is 0 Å². The molecule has 158 valence electrons. The van der Waals surface area contributed by atoms with Gasteiger partial charge in [-0.25, -0.2) is 4.68 Å². The van der Waals surface area contributed by atoms with Crippen molar-refractivity contribution >= 4 is 28.4 Å². The van der Waals surface area contributed by atoms with E-state index in [9.17, 15) is 4.79 Å². The predicted molar refractivity (Wildman–Crippen MR) is 115 cm³/mol. The second-order valence-electron chi connectivity index (χ2n) is 7.50. The molecule has 1 fully saturated rings. The highest BCUT2D eigenvalue weighted by Gasteiger charge is 2.21. The number of nitrogens with one attached hydrogen (secondary N) is 1. The number of carbonyl (C=O) groups is 1. The smallest absolute Gasteiger partial charge is 0.273 e. The Morgan fingerprint density at radius 3 is 2.87 bits per heavy atom. The Morgan fingerprint density at radius 1 is 1.26 bits per heavy atom. The van der Waals surface area contributed by atoms with Crippen LogP contribution in [0.4, 0.5) is 0 Å². The van der Waals surface area contributed by atoms with Crippen molar-refractivity contribution in [1.82, 2.24) is 25.5 Å². The molecule has 2 aromatic heterocycles. The van der Waals surface area contributed by atoms with Crippen LogP contribution >= 0.6 is 11.6 Å². The lowest BCUT2D eigenvalue weighted by molar-refractivity contribution is 0.0853. The van der Waals surface area contributed by atoms with Crippen LogP contribution < -0.4 is 5.32 Å². The molecule has 1 amide bonds. The van der Waals surface area contributed by atoms with E-state index < -0.39 is 0 Å². The third-order valence-electron chi connectivity index (χ3n) is 5.43. The molecule has 9 heteroatoms. The fraction of sp³-hybridized carbons (Fsp3) is 0.273. The lowest BCUT2D eigenvalue weighted by Crippen LogP contribution is -2.32. The molecule has 1 atom stereocenters. The number of hydrogen-bond acceptors (Lipinski definition) is 6. The molecule has 1 N–H and O–H groups in total. The molecule has 3 heterocycles. The first-order valence-electron chi connectivity index (χ1n) is 10.1. The SMILES string of the molecule is Cc1c(C(=O)NCC2CCCO2)nnn1-c1ccc2noc(-c3ccc(Cl)cc3)c2c1. The Morgan fingerprint density at radius 2 is 2.10 bits per heavy atom. The predicted octanol–water partition coefficient (Wildman–Crippen LogP) is 3.95. The maximum atomic E-state index is 12.6. The molecule has 1 unspecified atom stereocenters. The number of halogens is 1. The van der Waals surface area contributed by atoms with Gasteiger partial charge in [0.1, 0.15) is 5.52 Å². The van der Waals surface area contributed by atoms with Gasteiger partial charge in [0, 0.05) is 23.7 Å². The van der Waals surface area contributed by atoms with Crippen molar-refractivity contribution in [3.63, 3.8) is 0 Å². The van der Waals surface area contributed by atoms with Crippen LogP contribution in [-0.4, -0.2) is 45.3 Å². The number of carbonyl (C=O) groups excluding carboxylic acids is 1. The molecule has 31 heavy (non-hydrogen) atoms. The Balaban J connectivity index is 1.43. The van der Waals surface area contributed by atoms with E-state index in [0.29, 0.717) is 28.7 Å². The zero-order chi connectivity index (χ0) is 21.4. The molecule has 0 spiro atoms. The van der Waals surface area contributed by atoms with Crippen LogP contribution in [0.15, 0.2) is 47.0 Å². The fourth-order valence-electron chi connectivity index (χ4n) is 3.75. The van der Waals surface area contributed by atoms with Gasteiger partial charge < -0.3 is 14.6 Å². The molecule has 0 aliphatic carbocycles. The maximum absolute atomic E-state index is 12.6. The van der Waals surface area contributed by atoms with Crippen molar-refractivity contribution in [1.29, 1.82) is 0 Å². The molecule has 5 rings (SSSR count). The second-order valence-corrected chi connectivity index (χ2v) is 7.94. The minimum absolute atomic E-state index is 0.0709. The number of fused-ring (bicyclic) bond motifs is 1. The number of nitrogens with zero attached hydrogens (tertiary/aromatic N) is 4. The maximum Gasteiger partial charge on any atom is 0.273 e. The quantitative estimate of drug-likeness (QED) is 0.508. The van der Waals surface area contributed by atoms with Crippen LogP contribution in [0.3, 0.4) is 0 Å². The second kappa shape index (κ2) is 8.13. The van der Waals surface area contributed by atoms with Crippen molar-refractivity contribution in [3.8, 4) is 17.0 Å².